The molecular formula is C19H19NO7. The van der Waals surface area contributed by atoms with Gasteiger partial charge in [-0.25, -0.2) is 4.79 Å². The van der Waals surface area contributed by atoms with Gasteiger partial charge < -0.3 is 25.4 Å². The van der Waals surface area contributed by atoms with E-state index in [2.05, 4.69) is 10.1 Å². The number of aliphatic hydroxyl groups excluding tert-OH is 1. The third kappa shape index (κ3) is 4.90. The van der Waals surface area contributed by atoms with E-state index in [9.17, 15) is 24.6 Å². The molecule has 0 heterocycles. The van der Waals surface area contributed by atoms with Crippen molar-refractivity contribution in [3.63, 3.8) is 0 Å². The van der Waals surface area contributed by atoms with Crippen molar-refractivity contribution in [3.8, 4) is 0 Å². The van der Waals surface area contributed by atoms with Crippen molar-refractivity contribution in [1.29, 1.82) is 0 Å². The van der Waals surface area contributed by atoms with E-state index in [1.807, 2.05) is 0 Å². The molecule has 0 spiro atoms. The molecule has 0 bridgehead atoms. The van der Waals surface area contributed by atoms with Gasteiger partial charge in [-0.05, 0) is 11.1 Å². The Balaban J connectivity index is 2.12. The molecule has 27 heavy (non-hydrogen) atoms. The minimum absolute atomic E-state index is 0.311. The minimum Gasteiger partial charge on any atom is -0.481 e. The lowest BCUT2D eigenvalue weighted by Crippen LogP contribution is -2.46. The highest BCUT2D eigenvalue weighted by Crippen LogP contribution is 2.29. The van der Waals surface area contributed by atoms with Crippen molar-refractivity contribution < 1.29 is 34.4 Å². The first kappa shape index (κ1) is 20.1. The Hall–Kier alpha value is -3.23. The SMILES string of the molecule is O=C(O)CC(O)C(=O)OCNC(=O)C(O)(c1ccccc1)c1ccccc1. The van der Waals surface area contributed by atoms with Crippen molar-refractivity contribution in [2.24, 2.45) is 0 Å². The average Bonchev–Trinajstić information content (AvgIpc) is 2.67. The molecule has 0 aliphatic rings. The molecule has 8 nitrogen and oxygen atoms in total. The third-order valence-electron chi connectivity index (χ3n) is 3.80. The van der Waals surface area contributed by atoms with Gasteiger partial charge in [-0.15, -0.1) is 0 Å². The van der Waals surface area contributed by atoms with Gasteiger partial charge in [0.15, 0.2) is 18.4 Å². The number of ether oxygens (including phenoxy) is 1. The van der Waals surface area contributed by atoms with Crippen LogP contribution in [0.1, 0.15) is 17.5 Å². The molecular weight excluding hydrogens is 354 g/mol. The van der Waals surface area contributed by atoms with Crippen LogP contribution in [0.5, 0.6) is 0 Å². The summed E-state index contributed by atoms with van der Waals surface area (Å²) in [6.07, 6.45) is -2.66. The molecule has 0 aliphatic carbocycles. The van der Waals surface area contributed by atoms with Crippen LogP contribution >= 0.6 is 0 Å². The molecule has 0 saturated heterocycles. The number of aliphatic carboxylic acids is 1. The normalized spacial score (nSPS) is 12.1. The lowest BCUT2D eigenvalue weighted by atomic mass is 9.85. The van der Waals surface area contributed by atoms with Crippen LogP contribution in [-0.4, -0.2) is 46.0 Å². The molecule has 0 fully saturated rings. The van der Waals surface area contributed by atoms with Gasteiger partial charge in [0.25, 0.3) is 5.91 Å². The van der Waals surface area contributed by atoms with Gasteiger partial charge in [0.05, 0.1) is 6.42 Å². The minimum atomic E-state index is -2.03. The first-order chi connectivity index (χ1) is 12.9. The second-order valence-electron chi connectivity index (χ2n) is 5.67. The maximum atomic E-state index is 12.7. The fraction of sp³-hybridized carbons (Fsp3) is 0.211. The zero-order valence-corrected chi connectivity index (χ0v) is 14.2. The average molecular weight is 373 g/mol. The molecule has 2 aromatic carbocycles. The Morgan fingerprint density at radius 2 is 1.44 bits per heavy atom. The van der Waals surface area contributed by atoms with Crippen molar-refractivity contribution >= 4 is 17.8 Å². The number of hydrogen-bond donors (Lipinski definition) is 4. The van der Waals surface area contributed by atoms with E-state index in [1.165, 1.54) is 0 Å². The van der Waals surface area contributed by atoms with Crippen molar-refractivity contribution in [1.82, 2.24) is 5.32 Å². The smallest absolute Gasteiger partial charge is 0.337 e. The van der Waals surface area contributed by atoms with Gasteiger partial charge in [0.1, 0.15) is 0 Å². The van der Waals surface area contributed by atoms with Crippen LogP contribution in [0.25, 0.3) is 0 Å². The molecule has 4 N–H and O–H groups in total. The van der Waals surface area contributed by atoms with E-state index < -0.39 is 42.7 Å². The van der Waals surface area contributed by atoms with Gasteiger partial charge in [-0.3, -0.25) is 9.59 Å². The van der Waals surface area contributed by atoms with Crippen molar-refractivity contribution in [2.45, 2.75) is 18.1 Å². The predicted octanol–water partition coefficient (Wildman–Crippen LogP) is 0.375. The summed E-state index contributed by atoms with van der Waals surface area (Å²) in [4.78, 5) is 34.7. The molecule has 0 saturated carbocycles. The maximum Gasteiger partial charge on any atom is 0.337 e. The number of amides is 1. The van der Waals surface area contributed by atoms with Crippen LogP contribution in [0.2, 0.25) is 0 Å². The standard InChI is InChI=1S/C19H19NO7/c21-15(11-16(22)23)17(24)27-12-20-18(25)19(26,13-7-3-1-4-8-13)14-9-5-2-6-10-14/h1-10,15,21,26H,11-12H2,(H,20,25)(H,22,23). The monoisotopic (exact) mass is 373 g/mol. The van der Waals surface area contributed by atoms with E-state index in [0.717, 1.165) is 0 Å². The number of carboxylic acids is 1. The van der Waals surface area contributed by atoms with Gasteiger partial charge >= 0.3 is 11.9 Å². The highest BCUT2D eigenvalue weighted by Gasteiger charge is 2.39. The molecule has 0 radical (unpaired) electrons. The van der Waals surface area contributed by atoms with Gasteiger partial charge in [-0.2, -0.15) is 0 Å². The first-order valence-corrected chi connectivity index (χ1v) is 8.04. The Kier molecular flexibility index (Phi) is 6.64. The third-order valence-corrected chi connectivity index (χ3v) is 3.80. The van der Waals surface area contributed by atoms with Crippen LogP contribution in [0.4, 0.5) is 0 Å². The Bertz CT molecular complexity index is 753. The number of carbonyl (C=O) groups excluding carboxylic acids is 2. The Labute approximate surface area is 155 Å². The fourth-order valence-electron chi connectivity index (χ4n) is 2.43. The number of nitrogens with one attached hydrogen (secondary N) is 1. The topological polar surface area (TPSA) is 133 Å². The molecule has 1 amide bonds. The number of aliphatic hydroxyl groups is 2. The van der Waals surface area contributed by atoms with Crippen LogP contribution in [-0.2, 0) is 24.7 Å². The summed E-state index contributed by atoms with van der Waals surface area (Å²) in [5.41, 5.74) is -1.41. The first-order valence-electron chi connectivity index (χ1n) is 8.04. The zero-order valence-electron chi connectivity index (χ0n) is 14.2. The summed E-state index contributed by atoms with van der Waals surface area (Å²) >= 11 is 0. The highest BCUT2D eigenvalue weighted by atomic mass is 16.6. The van der Waals surface area contributed by atoms with Gasteiger partial charge in [-0.1, -0.05) is 60.7 Å². The van der Waals surface area contributed by atoms with E-state index in [-0.39, 0.29) is 0 Å². The highest BCUT2D eigenvalue weighted by molar-refractivity contribution is 5.90. The molecule has 0 aliphatic heterocycles. The second kappa shape index (κ2) is 8.93. The largest absolute Gasteiger partial charge is 0.481 e. The van der Waals surface area contributed by atoms with E-state index in [1.54, 1.807) is 60.7 Å². The summed E-state index contributed by atoms with van der Waals surface area (Å²) in [5.74, 6) is -3.41. The lowest BCUT2D eigenvalue weighted by molar-refractivity contribution is -0.160. The van der Waals surface area contributed by atoms with E-state index >= 15 is 0 Å². The van der Waals surface area contributed by atoms with Crippen LogP contribution in [0.15, 0.2) is 60.7 Å². The number of esters is 1. The molecule has 1 unspecified atom stereocenters. The number of benzene rings is 2. The van der Waals surface area contributed by atoms with Crippen LogP contribution in [0, 0.1) is 0 Å². The second-order valence-corrected chi connectivity index (χ2v) is 5.67. The Morgan fingerprint density at radius 1 is 0.963 bits per heavy atom. The summed E-state index contributed by atoms with van der Waals surface area (Å²) in [7, 11) is 0. The quantitative estimate of drug-likeness (QED) is 0.388. The summed E-state index contributed by atoms with van der Waals surface area (Å²) in [6.45, 7) is -0.643. The number of rotatable bonds is 8. The summed E-state index contributed by atoms with van der Waals surface area (Å²) in [6, 6.07) is 16.4. The number of carboxylic acid groups (broad SMARTS) is 1. The molecule has 142 valence electrons. The van der Waals surface area contributed by atoms with Crippen molar-refractivity contribution in [2.75, 3.05) is 6.73 Å². The zero-order chi connectivity index (χ0) is 19.9. The molecule has 0 aromatic heterocycles. The van der Waals surface area contributed by atoms with Crippen molar-refractivity contribution in [3.05, 3.63) is 71.8 Å². The predicted molar refractivity (Wildman–Crippen MR) is 93.2 cm³/mol. The summed E-state index contributed by atoms with van der Waals surface area (Å²) in [5, 5.41) is 31.3. The molecule has 1 atom stereocenters. The molecule has 2 rings (SSSR count). The maximum absolute atomic E-state index is 12.7. The number of hydrogen-bond acceptors (Lipinski definition) is 6. The van der Waals surface area contributed by atoms with Gasteiger partial charge in [0, 0.05) is 0 Å². The van der Waals surface area contributed by atoms with E-state index in [0.29, 0.717) is 11.1 Å². The summed E-state index contributed by atoms with van der Waals surface area (Å²) < 4.78 is 4.65. The van der Waals surface area contributed by atoms with Crippen LogP contribution < -0.4 is 5.32 Å². The fourth-order valence-corrected chi connectivity index (χ4v) is 2.43. The molecule has 8 heteroatoms. The number of carbonyl (C=O) groups is 3. The Morgan fingerprint density at radius 3 is 1.89 bits per heavy atom. The van der Waals surface area contributed by atoms with Gasteiger partial charge in [0.2, 0.25) is 0 Å². The van der Waals surface area contributed by atoms with Crippen LogP contribution in [0.3, 0.4) is 0 Å². The molecule has 2 aromatic rings. The lowest BCUT2D eigenvalue weighted by Gasteiger charge is -2.28. The van der Waals surface area contributed by atoms with E-state index in [4.69, 9.17) is 5.11 Å².